The summed E-state index contributed by atoms with van der Waals surface area (Å²) in [4.78, 5) is 33.2. The summed E-state index contributed by atoms with van der Waals surface area (Å²) in [5, 5.41) is 7.27. The van der Waals surface area contributed by atoms with Crippen LogP contribution >= 0.6 is 0 Å². The lowest BCUT2D eigenvalue weighted by molar-refractivity contribution is -0.140. The van der Waals surface area contributed by atoms with Gasteiger partial charge in [0.15, 0.2) is 0 Å². The van der Waals surface area contributed by atoms with Gasteiger partial charge in [-0.2, -0.15) is 0 Å². The fourth-order valence-electron chi connectivity index (χ4n) is 13.6. The van der Waals surface area contributed by atoms with E-state index in [-0.39, 0.29) is 30.0 Å². The Labute approximate surface area is 291 Å². The molecule has 4 aliphatic heterocycles. The molecule has 0 aromatic carbocycles. The first-order chi connectivity index (χ1) is 23.1. The molecule has 270 valence electrons. The van der Waals surface area contributed by atoms with Gasteiger partial charge in [0.2, 0.25) is 11.8 Å². The van der Waals surface area contributed by atoms with E-state index < -0.39 is 0 Å². The molecule has 4 heterocycles. The summed E-state index contributed by atoms with van der Waals surface area (Å²) in [5.41, 5.74) is 0.703. The quantitative estimate of drug-likeness (QED) is 0.384. The summed E-state index contributed by atoms with van der Waals surface area (Å²) in [5.74, 6) is 5.09. The molecule has 0 bridgehead atoms. The van der Waals surface area contributed by atoms with Crippen molar-refractivity contribution in [2.45, 2.75) is 129 Å². The number of nitrogens with zero attached hydrogens (tertiary/aromatic N) is 3. The van der Waals surface area contributed by atoms with Gasteiger partial charge in [0, 0.05) is 57.8 Å². The predicted molar refractivity (Wildman–Crippen MR) is 189 cm³/mol. The van der Waals surface area contributed by atoms with Gasteiger partial charge in [-0.15, -0.1) is 0 Å². The summed E-state index contributed by atoms with van der Waals surface area (Å²) in [7, 11) is 0. The summed E-state index contributed by atoms with van der Waals surface area (Å²) in [6.45, 7) is 19.4. The maximum absolute atomic E-state index is 13.2. The van der Waals surface area contributed by atoms with Crippen molar-refractivity contribution in [1.82, 2.24) is 25.3 Å². The van der Waals surface area contributed by atoms with Gasteiger partial charge in [0.25, 0.3) is 0 Å². The number of ether oxygens (including phenoxy) is 1. The fourth-order valence-corrected chi connectivity index (χ4v) is 13.6. The van der Waals surface area contributed by atoms with Gasteiger partial charge < -0.3 is 19.9 Å². The van der Waals surface area contributed by atoms with Crippen LogP contribution in [0, 0.1) is 52.3 Å². The number of amides is 2. The lowest BCUT2D eigenvalue weighted by atomic mass is 9.44. The lowest BCUT2D eigenvalue weighted by Crippen LogP contribution is -2.58. The average molecular weight is 666 g/mol. The molecule has 2 amide bonds. The van der Waals surface area contributed by atoms with E-state index in [1.807, 2.05) is 4.90 Å². The van der Waals surface area contributed by atoms with E-state index in [1.54, 1.807) is 0 Å². The number of piperazine rings is 1. The zero-order valence-electron chi connectivity index (χ0n) is 30.8. The fraction of sp³-hybridized carbons (Fsp3) is 0.950. The third-order valence-electron chi connectivity index (χ3n) is 16.5. The first kappa shape index (κ1) is 33.9. The highest BCUT2D eigenvalue weighted by atomic mass is 16.5. The molecule has 8 nitrogen and oxygen atoms in total. The van der Waals surface area contributed by atoms with Crippen LogP contribution in [-0.4, -0.2) is 103 Å². The lowest BCUT2D eigenvalue weighted by Gasteiger charge is -2.61. The van der Waals surface area contributed by atoms with Crippen LogP contribution in [0.25, 0.3) is 0 Å². The highest BCUT2D eigenvalue weighted by molar-refractivity contribution is 5.97. The molecule has 48 heavy (non-hydrogen) atoms. The maximum Gasteiger partial charge on any atom is 0.232 e. The Morgan fingerprint density at radius 1 is 0.812 bits per heavy atom. The summed E-state index contributed by atoms with van der Waals surface area (Å²) >= 11 is 0. The average Bonchev–Trinajstić information content (AvgIpc) is 3.77. The predicted octanol–water partition coefficient (Wildman–Crippen LogP) is 5.12. The highest BCUT2D eigenvalue weighted by Crippen LogP contribution is 2.71. The largest absolute Gasteiger partial charge is 0.357 e. The van der Waals surface area contributed by atoms with Crippen LogP contribution in [0.3, 0.4) is 0 Å². The van der Waals surface area contributed by atoms with Crippen LogP contribution in [-0.2, 0) is 14.3 Å². The van der Waals surface area contributed by atoms with Gasteiger partial charge in [-0.25, -0.2) is 0 Å². The van der Waals surface area contributed by atoms with Crippen molar-refractivity contribution in [2.75, 3.05) is 58.9 Å². The maximum atomic E-state index is 13.2. The number of piperidine rings is 1. The molecule has 0 unspecified atom stereocenters. The Balaban J connectivity index is 0.820. The Morgan fingerprint density at radius 2 is 1.54 bits per heavy atom. The molecule has 8 rings (SSSR count). The number of rotatable bonds is 6. The van der Waals surface area contributed by atoms with Crippen LogP contribution in [0.5, 0.6) is 0 Å². The summed E-state index contributed by atoms with van der Waals surface area (Å²) in [6, 6.07) is 0.221. The standard InChI is InChI=1S/C40H67N5O3/c1-27-9-14-40(41-26-27)28(2)37-34(48-40)24-33-31-8-7-29-23-30(10-12-38(29,3)32(31)11-13-39(33,37)4)42-35(46)25-36(47)45-21-19-44(20-22-45)18-17-43-15-5-6-16-43/h27-34,37,41H,5-26H2,1-4H3,(H,42,46)/t27-,28+,29+,30-,31-,32+,33+,34+,37+,38+,39+,40-/m1/s1. The number of hydrogen-bond donors (Lipinski definition) is 2. The minimum atomic E-state index is -0.0778. The first-order valence-corrected chi connectivity index (χ1v) is 20.5. The molecular formula is C40H67N5O3. The molecule has 2 N–H and O–H groups in total. The Hall–Kier alpha value is -1.22. The molecule has 4 saturated heterocycles. The number of likely N-dealkylation sites (tertiary alicyclic amines) is 1. The molecule has 0 aromatic rings. The van der Waals surface area contributed by atoms with Crippen molar-refractivity contribution < 1.29 is 14.3 Å². The number of carbonyl (C=O) groups is 2. The Bertz CT molecular complexity index is 1190. The molecule has 8 aliphatic rings. The van der Waals surface area contributed by atoms with Gasteiger partial charge >= 0.3 is 0 Å². The van der Waals surface area contributed by atoms with Crippen LogP contribution in [0.1, 0.15) is 111 Å². The van der Waals surface area contributed by atoms with E-state index >= 15 is 0 Å². The molecule has 4 saturated carbocycles. The van der Waals surface area contributed by atoms with Crippen molar-refractivity contribution >= 4 is 11.8 Å². The molecular weight excluding hydrogens is 598 g/mol. The smallest absolute Gasteiger partial charge is 0.232 e. The second-order valence-electron chi connectivity index (χ2n) is 18.8. The van der Waals surface area contributed by atoms with E-state index in [2.05, 4.69) is 48.1 Å². The number of hydrogen-bond acceptors (Lipinski definition) is 6. The van der Waals surface area contributed by atoms with E-state index in [4.69, 9.17) is 4.74 Å². The SMILES string of the molecule is C[C@@H]1CC[C@@]2(NC1)O[C@H]1C[C@H]3[C@@H]4CC[C@H]5C[C@H](NC(=O)CC(=O)N6CCN(CCN7CCCC7)CC6)CC[C@]5(C)[C@H]4CC[C@]3(C)[C@H]1[C@@H]2C. The third kappa shape index (κ3) is 5.88. The van der Waals surface area contributed by atoms with E-state index in [1.165, 1.54) is 77.3 Å². The normalized spacial score (nSPS) is 47.8. The Kier molecular flexibility index (Phi) is 9.24. The summed E-state index contributed by atoms with van der Waals surface area (Å²) < 4.78 is 7.11. The molecule has 8 fully saturated rings. The molecule has 0 radical (unpaired) electrons. The molecule has 4 aliphatic carbocycles. The minimum absolute atomic E-state index is 0.00975. The van der Waals surface area contributed by atoms with Crippen LogP contribution in [0.4, 0.5) is 0 Å². The first-order valence-electron chi connectivity index (χ1n) is 20.5. The second-order valence-corrected chi connectivity index (χ2v) is 18.8. The van der Waals surface area contributed by atoms with Crippen molar-refractivity contribution in [1.29, 1.82) is 0 Å². The van der Waals surface area contributed by atoms with Gasteiger partial charge in [-0.3, -0.25) is 19.8 Å². The van der Waals surface area contributed by atoms with E-state index in [9.17, 15) is 9.59 Å². The second kappa shape index (κ2) is 13.1. The summed E-state index contributed by atoms with van der Waals surface area (Å²) in [6.07, 6.45) is 15.6. The van der Waals surface area contributed by atoms with Crippen molar-refractivity contribution in [3.8, 4) is 0 Å². The van der Waals surface area contributed by atoms with E-state index in [0.717, 1.165) is 82.3 Å². The number of carbonyl (C=O) groups excluding carboxylic acids is 2. The molecule has 12 atom stereocenters. The topological polar surface area (TPSA) is 77.1 Å². The van der Waals surface area contributed by atoms with Gasteiger partial charge in [0.1, 0.15) is 12.1 Å². The molecule has 0 aromatic heterocycles. The number of fused-ring (bicyclic) bond motifs is 7. The van der Waals surface area contributed by atoms with Gasteiger partial charge in [0.05, 0.1) is 6.10 Å². The van der Waals surface area contributed by atoms with Gasteiger partial charge in [-0.1, -0.05) is 27.7 Å². The van der Waals surface area contributed by atoms with Crippen LogP contribution < -0.4 is 10.6 Å². The van der Waals surface area contributed by atoms with Crippen molar-refractivity contribution in [3.05, 3.63) is 0 Å². The molecule has 8 heteroatoms. The zero-order valence-corrected chi connectivity index (χ0v) is 30.8. The van der Waals surface area contributed by atoms with Crippen molar-refractivity contribution in [3.63, 3.8) is 0 Å². The van der Waals surface area contributed by atoms with E-state index in [0.29, 0.717) is 34.7 Å². The molecule has 1 spiro atoms. The third-order valence-corrected chi connectivity index (χ3v) is 16.5. The van der Waals surface area contributed by atoms with Crippen molar-refractivity contribution in [2.24, 2.45) is 52.3 Å². The Morgan fingerprint density at radius 3 is 2.27 bits per heavy atom. The monoisotopic (exact) mass is 666 g/mol. The zero-order chi connectivity index (χ0) is 33.3. The van der Waals surface area contributed by atoms with Crippen LogP contribution in [0.2, 0.25) is 0 Å². The minimum Gasteiger partial charge on any atom is -0.357 e. The number of nitrogens with one attached hydrogen (secondary N) is 2. The highest BCUT2D eigenvalue weighted by Gasteiger charge is 2.68. The van der Waals surface area contributed by atoms with Gasteiger partial charge in [-0.05, 0) is 136 Å². The van der Waals surface area contributed by atoms with Crippen LogP contribution in [0.15, 0.2) is 0 Å².